The molecule has 55 heavy (non-hydrogen) atoms. The molecule has 11 aromatic rings. The first-order valence-electron chi connectivity index (χ1n) is 18.5. The standard InChI is InChI=1S/C51H31N3O/c1-3-13-32(14-4-1)36-25-26-42-44(30-36)45(31-46-41-21-11-12-22-47(41)55-48(42)46)40-27-28-43(39-20-10-9-19-38(39)40)51-53-49(34-16-5-2-6-17-34)52-50(54-51)37-24-23-33-15-7-8-18-35(33)29-37/h1-31H. The smallest absolute Gasteiger partial charge is 0.164 e. The average Bonchev–Trinajstić information content (AvgIpc) is 3.64. The van der Waals surface area contributed by atoms with E-state index in [2.05, 4.69) is 158 Å². The van der Waals surface area contributed by atoms with E-state index in [9.17, 15) is 0 Å². The van der Waals surface area contributed by atoms with Gasteiger partial charge in [0, 0.05) is 32.8 Å². The second-order valence-electron chi connectivity index (χ2n) is 14.0. The zero-order valence-corrected chi connectivity index (χ0v) is 29.6. The number of hydrogen-bond acceptors (Lipinski definition) is 4. The lowest BCUT2D eigenvalue weighted by atomic mass is 9.89. The Balaban J connectivity index is 1.16. The molecule has 0 aliphatic rings. The summed E-state index contributed by atoms with van der Waals surface area (Å²) in [4.78, 5) is 15.4. The molecule has 2 aromatic heterocycles. The third kappa shape index (κ3) is 5.26. The Morgan fingerprint density at radius 1 is 0.291 bits per heavy atom. The lowest BCUT2D eigenvalue weighted by Crippen LogP contribution is -2.01. The highest BCUT2D eigenvalue weighted by Gasteiger charge is 2.20. The predicted molar refractivity (Wildman–Crippen MR) is 227 cm³/mol. The van der Waals surface area contributed by atoms with Crippen LogP contribution in [0.15, 0.2) is 192 Å². The Bertz CT molecular complexity index is 3260. The zero-order valence-electron chi connectivity index (χ0n) is 29.6. The second kappa shape index (κ2) is 12.6. The van der Waals surface area contributed by atoms with Crippen LogP contribution in [0.5, 0.6) is 0 Å². The summed E-state index contributed by atoms with van der Waals surface area (Å²) in [5.41, 5.74) is 9.23. The van der Waals surface area contributed by atoms with Gasteiger partial charge in [-0.25, -0.2) is 15.0 Å². The average molecular weight is 702 g/mol. The van der Waals surface area contributed by atoms with Crippen molar-refractivity contribution < 1.29 is 4.42 Å². The van der Waals surface area contributed by atoms with Crippen LogP contribution >= 0.6 is 0 Å². The minimum absolute atomic E-state index is 0.632. The first kappa shape index (κ1) is 31.1. The summed E-state index contributed by atoms with van der Waals surface area (Å²) in [7, 11) is 0. The molecule has 256 valence electrons. The van der Waals surface area contributed by atoms with Gasteiger partial charge in [0.25, 0.3) is 0 Å². The molecule has 0 saturated heterocycles. The Morgan fingerprint density at radius 2 is 0.891 bits per heavy atom. The van der Waals surface area contributed by atoms with Gasteiger partial charge in [0.15, 0.2) is 17.5 Å². The van der Waals surface area contributed by atoms with E-state index in [1.807, 2.05) is 30.3 Å². The van der Waals surface area contributed by atoms with Crippen LogP contribution in [0, 0.1) is 0 Å². The fraction of sp³-hybridized carbons (Fsp3) is 0. The van der Waals surface area contributed by atoms with Gasteiger partial charge in [-0.2, -0.15) is 0 Å². The summed E-state index contributed by atoms with van der Waals surface area (Å²) in [5, 5.41) is 8.93. The van der Waals surface area contributed by atoms with Crippen molar-refractivity contribution in [1.29, 1.82) is 0 Å². The van der Waals surface area contributed by atoms with Crippen molar-refractivity contribution in [3.05, 3.63) is 188 Å². The molecule has 0 radical (unpaired) electrons. The fourth-order valence-corrected chi connectivity index (χ4v) is 8.03. The minimum atomic E-state index is 0.632. The van der Waals surface area contributed by atoms with Gasteiger partial charge in [-0.05, 0) is 85.6 Å². The van der Waals surface area contributed by atoms with E-state index in [0.29, 0.717) is 17.5 Å². The summed E-state index contributed by atoms with van der Waals surface area (Å²) in [5.74, 6) is 1.91. The van der Waals surface area contributed by atoms with Gasteiger partial charge in [-0.1, -0.05) is 152 Å². The first-order chi connectivity index (χ1) is 27.2. The van der Waals surface area contributed by atoms with Gasteiger partial charge in [-0.3, -0.25) is 0 Å². The Morgan fingerprint density at radius 3 is 1.69 bits per heavy atom. The van der Waals surface area contributed by atoms with Crippen LogP contribution in [0.1, 0.15) is 0 Å². The monoisotopic (exact) mass is 701 g/mol. The zero-order chi connectivity index (χ0) is 36.3. The van der Waals surface area contributed by atoms with E-state index in [1.54, 1.807) is 0 Å². The number of fused-ring (bicyclic) bond motifs is 7. The van der Waals surface area contributed by atoms with Gasteiger partial charge >= 0.3 is 0 Å². The number of furan rings is 1. The van der Waals surface area contributed by atoms with E-state index in [-0.39, 0.29) is 0 Å². The van der Waals surface area contributed by atoms with E-state index < -0.39 is 0 Å². The summed E-state index contributed by atoms with van der Waals surface area (Å²) in [6.45, 7) is 0. The van der Waals surface area contributed by atoms with Gasteiger partial charge in [0.2, 0.25) is 0 Å². The van der Waals surface area contributed by atoms with Gasteiger partial charge in [0.05, 0.1) is 0 Å². The molecule has 0 unspecified atom stereocenters. The molecular formula is C51H31N3O. The van der Waals surface area contributed by atoms with Crippen LogP contribution in [0.2, 0.25) is 0 Å². The number of para-hydroxylation sites is 1. The molecule has 0 amide bonds. The van der Waals surface area contributed by atoms with Crippen LogP contribution in [0.4, 0.5) is 0 Å². The molecule has 9 aromatic carbocycles. The molecule has 0 aliphatic carbocycles. The lowest BCUT2D eigenvalue weighted by molar-refractivity contribution is 0.672. The first-order valence-corrected chi connectivity index (χ1v) is 18.5. The van der Waals surface area contributed by atoms with E-state index >= 15 is 0 Å². The highest BCUT2D eigenvalue weighted by atomic mass is 16.3. The van der Waals surface area contributed by atoms with Crippen LogP contribution < -0.4 is 0 Å². The Labute approximate surface area is 317 Å². The molecule has 4 nitrogen and oxygen atoms in total. The van der Waals surface area contributed by atoms with Crippen molar-refractivity contribution in [2.24, 2.45) is 0 Å². The molecule has 0 N–H and O–H groups in total. The van der Waals surface area contributed by atoms with E-state index in [0.717, 1.165) is 82.3 Å². The third-order valence-electron chi connectivity index (χ3n) is 10.7. The fourth-order valence-electron chi connectivity index (χ4n) is 8.03. The molecule has 0 spiro atoms. The molecule has 0 aliphatic heterocycles. The maximum absolute atomic E-state index is 6.56. The molecule has 0 atom stereocenters. The highest BCUT2D eigenvalue weighted by Crippen LogP contribution is 2.44. The lowest BCUT2D eigenvalue weighted by Gasteiger charge is -2.15. The molecule has 0 bridgehead atoms. The highest BCUT2D eigenvalue weighted by molar-refractivity contribution is 6.21. The number of nitrogens with zero attached hydrogens (tertiary/aromatic N) is 3. The molecule has 4 heteroatoms. The quantitative estimate of drug-likeness (QED) is 0.179. The van der Waals surface area contributed by atoms with E-state index in [4.69, 9.17) is 19.4 Å². The maximum Gasteiger partial charge on any atom is 0.164 e. The van der Waals surface area contributed by atoms with E-state index in [1.165, 1.54) is 10.9 Å². The summed E-state index contributed by atoms with van der Waals surface area (Å²) in [6, 6.07) is 65.8. The Kier molecular flexibility index (Phi) is 7.14. The predicted octanol–water partition coefficient (Wildman–Crippen LogP) is 13.6. The van der Waals surface area contributed by atoms with Crippen molar-refractivity contribution in [3.8, 4) is 56.4 Å². The molecule has 11 rings (SSSR count). The molecule has 0 saturated carbocycles. The molecule has 0 fully saturated rings. The maximum atomic E-state index is 6.56. The second-order valence-corrected chi connectivity index (χ2v) is 14.0. The van der Waals surface area contributed by atoms with Crippen molar-refractivity contribution in [2.75, 3.05) is 0 Å². The summed E-state index contributed by atoms with van der Waals surface area (Å²) >= 11 is 0. The van der Waals surface area contributed by atoms with Crippen LogP contribution in [0.25, 0.3) is 111 Å². The van der Waals surface area contributed by atoms with Crippen LogP contribution in [-0.2, 0) is 0 Å². The van der Waals surface area contributed by atoms with Crippen molar-refractivity contribution in [3.63, 3.8) is 0 Å². The molecule has 2 heterocycles. The summed E-state index contributed by atoms with van der Waals surface area (Å²) in [6.07, 6.45) is 0. The third-order valence-corrected chi connectivity index (χ3v) is 10.7. The normalized spacial score (nSPS) is 11.6. The van der Waals surface area contributed by atoms with Crippen LogP contribution in [-0.4, -0.2) is 15.0 Å². The van der Waals surface area contributed by atoms with Gasteiger partial charge in [-0.15, -0.1) is 0 Å². The van der Waals surface area contributed by atoms with Gasteiger partial charge < -0.3 is 4.42 Å². The minimum Gasteiger partial charge on any atom is -0.455 e. The van der Waals surface area contributed by atoms with Crippen molar-refractivity contribution in [2.45, 2.75) is 0 Å². The van der Waals surface area contributed by atoms with Crippen molar-refractivity contribution in [1.82, 2.24) is 15.0 Å². The van der Waals surface area contributed by atoms with Crippen molar-refractivity contribution >= 4 is 54.3 Å². The van der Waals surface area contributed by atoms with Crippen LogP contribution in [0.3, 0.4) is 0 Å². The Hall–Kier alpha value is -7.43. The number of rotatable bonds is 5. The SMILES string of the molecule is c1ccc(-c2ccc3c(c2)c(-c2ccc(-c4nc(-c5ccccc5)nc(-c5ccc6ccccc6c5)n4)c4ccccc24)cc2c4ccccc4oc32)cc1. The summed E-state index contributed by atoms with van der Waals surface area (Å²) < 4.78 is 6.56. The largest absolute Gasteiger partial charge is 0.455 e. The van der Waals surface area contributed by atoms with Gasteiger partial charge in [0.1, 0.15) is 11.2 Å². The number of hydrogen-bond donors (Lipinski definition) is 0. The number of benzene rings is 9. The number of aromatic nitrogens is 3. The molecular weight excluding hydrogens is 671 g/mol. The topological polar surface area (TPSA) is 51.8 Å².